The fourth-order valence-corrected chi connectivity index (χ4v) is 1.14. The molecule has 2 rings (SSSR count). The van der Waals surface area contributed by atoms with E-state index in [1.54, 1.807) is 13.0 Å². The van der Waals surface area contributed by atoms with Crippen LogP contribution in [0.3, 0.4) is 0 Å². The molecular weight excluding hydrogens is 170 g/mol. The van der Waals surface area contributed by atoms with Crippen LogP contribution in [-0.2, 0) is 0 Å². The quantitative estimate of drug-likeness (QED) is 0.680. The number of hydrogen-bond donors (Lipinski definition) is 2. The van der Waals surface area contributed by atoms with Gasteiger partial charge >= 0.3 is 5.97 Å². The van der Waals surface area contributed by atoms with Gasteiger partial charge in [0.05, 0.1) is 11.2 Å². The van der Waals surface area contributed by atoms with Crippen molar-refractivity contribution < 1.29 is 9.90 Å². The Kier molecular flexibility index (Phi) is 1.51. The molecule has 0 aliphatic carbocycles. The summed E-state index contributed by atoms with van der Waals surface area (Å²) >= 11 is 0. The van der Waals surface area contributed by atoms with Crippen LogP contribution in [0.1, 0.15) is 16.2 Å². The lowest BCUT2D eigenvalue weighted by Gasteiger charge is -1.88. The number of nitrogens with zero attached hydrogens (tertiary/aromatic N) is 2. The highest BCUT2D eigenvalue weighted by molar-refractivity contribution is 5.92. The lowest BCUT2D eigenvalue weighted by atomic mass is 10.3. The number of fused-ring (bicyclic) bond motifs is 1. The number of aryl methyl sites for hydroxylation is 1. The van der Waals surface area contributed by atoms with Crippen LogP contribution in [0.5, 0.6) is 0 Å². The molecule has 2 aromatic rings. The summed E-state index contributed by atoms with van der Waals surface area (Å²) in [5, 5.41) is 16.3. The largest absolute Gasteiger partial charge is 0.477 e. The summed E-state index contributed by atoms with van der Waals surface area (Å²) in [7, 11) is 0. The molecule has 66 valence electrons. The molecule has 0 unspecified atom stereocenters. The molecule has 5 heteroatoms. The predicted octanol–water partition coefficient (Wildman–Crippen LogP) is 0.965. The molecule has 5 nitrogen and oxygen atoms in total. The maximum absolute atomic E-state index is 10.6. The lowest BCUT2D eigenvalue weighted by molar-refractivity contribution is 0.0691. The van der Waals surface area contributed by atoms with Crippen LogP contribution in [0.2, 0.25) is 0 Å². The fourth-order valence-electron chi connectivity index (χ4n) is 1.14. The summed E-state index contributed by atoms with van der Waals surface area (Å²) in [6.45, 7) is 1.80. The Morgan fingerprint density at radius 2 is 2.23 bits per heavy atom. The Labute approximate surface area is 73.4 Å². The van der Waals surface area contributed by atoms with E-state index >= 15 is 0 Å². The fraction of sp³-hybridized carbons (Fsp3) is 0.125. The van der Waals surface area contributed by atoms with Gasteiger partial charge in [0.2, 0.25) is 0 Å². The summed E-state index contributed by atoms with van der Waals surface area (Å²) in [6.07, 6.45) is 0. The second kappa shape index (κ2) is 2.55. The molecule has 0 saturated carbocycles. The van der Waals surface area contributed by atoms with E-state index in [1.165, 1.54) is 6.07 Å². The van der Waals surface area contributed by atoms with Gasteiger partial charge in [0.25, 0.3) is 0 Å². The molecule has 0 radical (unpaired) electrons. The average molecular weight is 177 g/mol. The second-order valence-corrected chi connectivity index (χ2v) is 2.77. The van der Waals surface area contributed by atoms with Crippen molar-refractivity contribution in [2.24, 2.45) is 0 Å². The van der Waals surface area contributed by atoms with Crippen molar-refractivity contribution in [1.82, 2.24) is 15.2 Å². The smallest absolute Gasteiger partial charge is 0.352 e. The van der Waals surface area contributed by atoms with Gasteiger partial charge in [-0.05, 0) is 19.1 Å². The topological polar surface area (TPSA) is 78.9 Å². The van der Waals surface area contributed by atoms with Crippen LogP contribution in [-0.4, -0.2) is 26.3 Å². The number of aromatic carboxylic acids is 1. The minimum Gasteiger partial charge on any atom is -0.477 e. The Hall–Kier alpha value is -1.91. The average Bonchev–Trinajstić information content (AvgIpc) is 2.46. The minimum atomic E-state index is -0.990. The van der Waals surface area contributed by atoms with Crippen LogP contribution in [0, 0.1) is 6.92 Å². The number of rotatable bonds is 1. The standard InChI is InChI=1S/C8H7N3O2/c1-4-2-5-6(11-10-4)3-7(9-5)8(12)13/h2-3,9H,1H3,(H,12,13). The summed E-state index contributed by atoms with van der Waals surface area (Å²) in [6, 6.07) is 3.22. The monoisotopic (exact) mass is 177 g/mol. The van der Waals surface area contributed by atoms with Gasteiger partial charge in [-0.25, -0.2) is 4.79 Å². The van der Waals surface area contributed by atoms with Crippen molar-refractivity contribution >= 4 is 17.0 Å². The first-order valence-corrected chi connectivity index (χ1v) is 3.73. The van der Waals surface area contributed by atoms with Gasteiger partial charge in [0.15, 0.2) is 0 Å². The molecule has 0 aromatic carbocycles. The Bertz CT molecular complexity index is 475. The molecule has 2 aromatic heterocycles. The Morgan fingerprint density at radius 3 is 2.92 bits per heavy atom. The van der Waals surface area contributed by atoms with E-state index in [1.807, 2.05) is 0 Å². The van der Waals surface area contributed by atoms with Crippen LogP contribution >= 0.6 is 0 Å². The third-order valence-corrected chi connectivity index (χ3v) is 1.73. The van der Waals surface area contributed by atoms with E-state index in [-0.39, 0.29) is 5.69 Å². The van der Waals surface area contributed by atoms with E-state index in [4.69, 9.17) is 5.11 Å². The number of nitrogens with one attached hydrogen (secondary N) is 1. The molecule has 0 atom stereocenters. The van der Waals surface area contributed by atoms with Crippen molar-refractivity contribution in [3.05, 3.63) is 23.5 Å². The van der Waals surface area contributed by atoms with Crippen molar-refractivity contribution in [2.75, 3.05) is 0 Å². The van der Waals surface area contributed by atoms with E-state index in [2.05, 4.69) is 15.2 Å². The number of carbonyl (C=O) groups is 1. The van der Waals surface area contributed by atoms with Gasteiger partial charge in [-0.2, -0.15) is 5.10 Å². The van der Waals surface area contributed by atoms with Gasteiger partial charge in [-0.3, -0.25) is 0 Å². The van der Waals surface area contributed by atoms with Gasteiger partial charge in [-0.15, -0.1) is 5.10 Å². The first kappa shape index (κ1) is 7.72. The number of hydrogen-bond acceptors (Lipinski definition) is 3. The van der Waals surface area contributed by atoms with Crippen molar-refractivity contribution in [1.29, 1.82) is 0 Å². The molecule has 0 saturated heterocycles. The molecule has 0 fully saturated rings. The van der Waals surface area contributed by atoms with Gasteiger partial charge in [-0.1, -0.05) is 0 Å². The first-order valence-electron chi connectivity index (χ1n) is 3.73. The first-order chi connectivity index (χ1) is 6.16. The highest BCUT2D eigenvalue weighted by Crippen LogP contribution is 2.12. The number of aromatic amines is 1. The Balaban J connectivity index is 2.68. The van der Waals surface area contributed by atoms with E-state index in [9.17, 15) is 4.79 Å². The molecular formula is C8H7N3O2. The van der Waals surface area contributed by atoms with Crippen LogP contribution in [0.25, 0.3) is 11.0 Å². The summed E-state index contributed by atoms with van der Waals surface area (Å²) in [5.74, 6) is -0.990. The second-order valence-electron chi connectivity index (χ2n) is 2.77. The van der Waals surface area contributed by atoms with E-state index in [0.29, 0.717) is 11.0 Å². The summed E-state index contributed by atoms with van der Waals surface area (Å²) in [5.41, 5.74) is 2.16. The zero-order valence-electron chi connectivity index (χ0n) is 6.90. The number of carboxylic acids is 1. The zero-order chi connectivity index (χ0) is 9.42. The molecule has 0 amide bonds. The predicted molar refractivity (Wildman–Crippen MR) is 45.6 cm³/mol. The molecule has 0 aliphatic heterocycles. The number of carboxylic acid groups (broad SMARTS) is 1. The van der Waals surface area contributed by atoms with Gasteiger partial charge in [0, 0.05) is 0 Å². The summed E-state index contributed by atoms with van der Waals surface area (Å²) < 4.78 is 0. The van der Waals surface area contributed by atoms with Gasteiger partial charge < -0.3 is 10.1 Å². The zero-order valence-corrected chi connectivity index (χ0v) is 6.90. The van der Waals surface area contributed by atoms with Gasteiger partial charge in [0.1, 0.15) is 11.2 Å². The minimum absolute atomic E-state index is 0.134. The van der Waals surface area contributed by atoms with Crippen molar-refractivity contribution in [3.8, 4) is 0 Å². The highest BCUT2D eigenvalue weighted by Gasteiger charge is 2.07. The maximum atomic E-state index is 10.6. The lowest BCUT2D eigenvalue weighted by Crippen LogP contribution is -1.94. The molecule has 0 aliphatic rings. The molecule has 2 heterocycles. The van der Waals surface area contributed by atoms with E-state index < -0.39 is 5.97 Å². The van der Waals surface area contributed by atoms with E-state index in [0.717, 1.165) is 5.69 Å². The third kappa shape index (κ3) is 1.24. The maximum Gasteiger partial charge on any atom is 0.352 e. The van der Waals surface area contributed by atoms with Crippen molar-refractivity contribution in [2.45, 2.75) is 6.92 Å². The Morgan fingerprint density at radius 1 is 1.46 bits per heavy atom. The summed E-state index contributed by atoms with van der Waals surface area (Å²) in [4.78, 5) is 13.3. The molecule has 0 spiro atoms. The van der Waals surface area contributed by atoms with Crippen LogP contribution in [0.15, 0.2) is 12.1 Å². The van der Waals surface area contributed by atoms with Crippen molar-refractivity contribution in [3.63, 3.8) is 0 Å². The molecule has 2 N–H and O–H groups in total. The normalized spacial score (nSPS) is 10.5. The molecule has 0 bridgehead atoms. The van der Waals surface area contributed by atoms with Crippen LogP contribution < -0.4 is 0 Å². The number of aromatic nitrogens is 3. The molecule has 13 heavy (non-hydrogen) atoms. The highest BCUT2D eigenvalue weighted by atomic mass is 16.4. The van der Waals surface area contributed by atoms with Crippen LogP contribution in [0.4, 0.5) is 0 Å². The number of H-pyrrole nitrogens is 1. The SMILES string of the molecule is Cc1cc2[nH]c(C(=O)O)cc2nn1. The third-order valence-electron chi connectivity index (χ3n) is 1.73.